The van der Waals surface area contributed by atoms with Crippen molar-refractivity contribution in [2.75, 3.05) is 18.8 Å². The van der Waals surface area contributed by atoms with Gasteiger partial charge in [0, 0.05) is 43.1 Å². The monoisotopic (exact) mass is 503 g/mol. The number of hydrogen-bond donors (Lipinski definition) is 3. The van der Waals surface area contributed by atoms with Crippen molar-refractivity contribution in [3.8, 4) is 11.6 Å². The number of benzene rings is 2. The van der Waals surface area contributed by atoms with Gasteiger partial charge in [0.25, 0.3) is 5.91 Å². The first-order valence-corrected chi connectivity index (χ1v) is 12.4. The predicted octanol–water partition coefficient (Wildman–Crippen LogP) is 3.41. The minimum absolute atomic E-state index is 0.0902. The Morgan fingerprint density at radius 2 is 1.73 bits per heavy atom. The van der Waals surface area contributed by atoms with E-state index in [0.717, 1.165) is 18.4 Å². The maximum atomic E-state index is 13.5. The molecule has 4 N–H and O–H groups in total. The molecule has 1 aromatic heterocycles. The maximum absolute atomic E-state index is 13.5. The van der Waals surface area contributed by atoms with E-state index in [1.54, 1.807) is 36.4 Å². The van der Waals surface area contributed by atoms with Crippen LogP contribution in [0.5, 0.6) is 5.88 Å². The zero-order chi connectivity index (χ0) is 26.1. The SMILES string of the molecule is Cc1ccc(C(=O)NC2CC2)cc1-n1nc(OC2CCN(C(=O)O)CC2)c(C(=O)c2ccccc2)c1N. The van der Waals surface area contributed by atoms with Gasteiger partial charge in [0.15, 0.2) is 0 Å². The number of nitrogen functional groups attached to an aromatic ring is 1. The highest BCUT2D eigenvalue weighted by atomic mass is 16.5. The molecule has 2 heterocycles. The molecule has 2 aliphatic rings. The topological polar surface area (TPSA) is 140 Å². The number of rotatable bonds is 7. The Labute approximate surface area is 214 Å². The van der Waals surface area contributed by atoms with E-state index in [1.165, 1.54) is 9.58 Å². The highest BCUT2D eigenvalue weighted by Crippen LogP contribution is 2.32. The molecule has 10 heteroatoms. The van der Waals surface area contributed by atoms with Gasteiger partial charge in [0.2, 0.25) is 11.7 Å². The van der Waals surface area contributed by atoms with Crippen LogP contribution in [0.2, 0.25) is 0 Å². The van der Waals surface area contributed by atoms with Gasteiger partial charge in [-0.2, -0.15) is 0 Å². The summed E-state index contributed by atoms with van der Waals surface area (Å²) in [5.41, 5.74) is 8.98. The van der Waals surface area contributed by atoms with Crippen LogP contribution >= 0.6 is 0 Å². The fourth-order valence-corrected chi connectivity index (χ4v) is 4.42. The molecule has 10 nitrogen and oxygen atoms in total. The summed E-state index contributed by atoms with van der Waals surface area (Å²) in [6.07, 6.45) is 1.61. The van der Waals surface area contributed by atoms with E-state index in [1.807, 2.05) is 19.1 Å². The van der Waals surface area contributed by atoms with Crippen LogP contribution in [0.1, 0.15) is 57.5 Å². The smallest absolute Gasteiger partial charge is 0.407 e. The largest absolute Gasteiger partial charge is 0.473 e. The Hall–Kier alpha value is -4.34. The molecule has 1 aliphatic carbocycles. The number of likely N-dealkylation sites (tertiary alicyclic amines) is 1. The molecule has 1 saturated heterocycles. The van der Waals surface area contributed by atoms with Crippen LogP contribution in [-0.4, -0.2) is 62.8 Å². The Morgan fingerprint density at radius 1 is 1.03 bits per heavy atom. The second kappa shape index (κ2) is 9.96. The van der Waals surface area contributed by atoms with Gasteiger partial charge < -0.3 is 25.8 Å². The van der Waals surface area contributed by atoms with Gasteiger partial charge in [-0.05, 0) is 37.5 Å². The summed E-state index contributed by atoms with van der Waals surface area (Å²) in [4.78, 5) is 38.8. The number of aryl methyl sites for hydroxylation is 1. The molecule has 1 aliphatic heterocycles. The number of ketones is 1. The first kappa shape index (κ1) is 24.4. The zero-order valence-electron chi connectivity index (χ0n) is 20.5. The number of nitrogens with two attached hydrogens (primary N) is 1. The highest BCUT2D eigenvalue weighted by Gasteiger charge is 2.30. The lowest BCUT2D eigenvalue weighted by Crippen LogP contribution is -2.41. The molecular formula is C27H29N5O5. The van der Waals surface area contributed by atoms with Gasteiger partial charge in [0.05, 0.1) is 5.69 Å². The van der Waals surface area contributed by atoms with E-state index in [4.69, 9.17) is 10.5 Å². The number of amides is 2. The first-order chi connectivity index (χ1) is 17.8. The number of hydrogen-bond acceptors (Lipinski definition) is 6. The van der Waals surface area contributed by atoms with Gasteiger partial charge in [-0.3, -0.25) is 9.59 Å². The van der Waals surface area contributed by atoms with E-state index < -0.39 is 6.09 Å². The van der Waals surface area contributed by atoms with Crippen LogP contribution in [0.4, 0.5) is 10.6 Å². The molecule has 5 rings (SSSR count). The second-order valence-electron chi connectivity index (χ2n) is 9.51. The summed E-state index contributed by atoms with van der Waals surface area (Å²) in [6, 6.07) is 14.2. The molecule has 2 fully saturated rings. The molecule has 2 aromatic carbocycles. The van der Waals surface area contributed by atoms with Crippen LogP contribution < -0.4 is 15.8 Å². The van der Waals surface area contributed by atoms with E-state index in [2.05, 4.69) is 10.4 Å². The number of piperidine rings is 1. The minimum atomic E-state index is -0.965. The molecule has 0 atom stereocenters. The van der Waals surface area contributed by atoms with Crippen molar-refractivity contribution in [3.05, 3.63) is 70.8 Å². The summed E-state index contributed by atoms with van der Waals surface area (Å²) in [7, 11) is 0. The molecule has 192 valence electrons. The lowest BCUT2D eigenvalue weighted by Gasteiger charge is -2.29. The highest BCUT2D eigenvalue weighted by molar-refractivity contribution is 6.13. The lowest BCUT2D eigenvalue weighted by molar-refractivity contribution is 0.0855. The molecule has 37 heavy (non-hydrogen) atoms. The molecule has 0 unspecified atom stereocenters. The number of carbonyl (C=O) groups excluding carboxylic acids is 2. The number of carboxylic acid groups (broad SMARTS) is 1. The molecule has 0 bridgehead atoms. The fourth-order valence-electron chi connectivity index (χ4n) is 4.42. The average Bonchev–Trinajstić information content (AvgIpc) is 3.66. The van der Waals surface area contributed by atoms with Gasteiger partial charge >= 0.3 is 6.09 Å². The number of nitrogens with one attached hydrogen (secondary N) is 1. The summed E-state index contributed by atoms with van der Waals surface area (Å²) < 4.78 is 7.63. The van der Waals surface area contributed by atoms with Crippen molar-refractivity contribution in [1.82, 2.24) is 20.0 Å². The van der Waals surface area contributed by atoms with Crippen LogP contribution in [-0.2, 0) is 0 Å². The molecule has 0 radical (unpaired) electrons. The molecule has 2 amide bonds. The third-order valence-electron chi connectivity index (χ3n) is 6.75. The molecule has 0 spiro atoms. The third-order valence-corrected chi connectivity index (χ3v) is 6.75. The summed E-state index contributed by atoms with van der Waals surface area (Å²) in [5.74, 6) is -0.304. The Morgan fingerprint density at radius 3 is 2.38 bits per heavy atom. The quantitative estimate of drug-likeness (QED) is 0.420. The van der Waals surface area contributed by atoms with Crippen molar-refractivity contribution >= 4 is 23.6 Å². The second-order valence-corrected chi connectivity index (χ2v) is 9.51. The van der Waals surface area contributed by atoms with Crippen LogP contribution in [0.25, 0.3) is 5.69 Å². The first-order valence-electron chi connectivity index (χ1n) is 12.4. The van der Waals surface area contributed by atoms with Crippen LogP contribution in [0.3, 0.4) is 0 Å². The van der Waals surface area contributed by atoms with E-state index in [0.29, 0.717) is 42.7 Å². The van der Waals surface area contributed by atoms with Crippen LogP contribution in [0.15, 0.2) is 48.5 Å². The Bertz CT molecular complexity index is 1340. The number of anilines is 1. The van der Waals surface area contributed by atoms with Crippen molar-refractivity contribution in [1.29, 1.82) is 0 Å². The zero-order valence-corrected chi connectivity index (χ0v) is 20.5. The number of carbonyl (C=O) groups is 3. The number of aromatic nitrogens is 2. The van der Waals surface area contributed by atoms with E-state index in [9.17, 15) is 19.5 Å². The Kier molecular flexibility index (Phi) is 6.56. The summed E-state index contributed by atoms with van der Waals surface area (Å²) >= 11 is 0. The average molecular weight is 504 g/mol. The van der Waals surface area contributed by atoms with E-state index >= 15 is 0 Å². The molecular weight excluding hydrogens is 474 g/mol. The fraction of sp³-hybridized carbons (Fsp3) is 0.333. The van der Waals surface area contributed by atoms with Crippen molar-refractivity contribution in [2.24, 2.45) is 0 Å². The molecule has 1 saturated carbocycles. The van der Waals surface area contributed by atoms with Crippen LogP contribution in [0, 0.1) is 6.92 Å². The number of nitrogens with zero attached hydrogens (tertiary/aromatic N) is 3. The standard InChI is InChI=1S/C27H29N5O5/c1-16-7-8-18(25(34)29-19-9-10-19)15-21(16)32-24(28)22(23(33)17-5-3-2-4-6-17)26(30-32)37-20-11-13-31(14-12-20)27(35)36/h2-8,15,19-20H,9-14,28H2,1H3,(H,29,34)(H,35,36). The number of ether oxygens (including phenoxy) is 1. The minimum Gasteiger partial charge on any atom is -0.473 e. The summed E-state index contributed by atoms with van der Waals surface area (Å²) in [5, 5.41) is 16.8. The van der Waals surface area contributed by atoms with Gasteiger partial charge in [0.1, 0.15) is 17.5 Å². The van der Waals surface area contributed by atoms with Gasteiger partial charge in [-0.1, -0.05) is 36.4 Å². The van der Waals surface area contributed by atoms with Crippen molar-refractivity contribution < 1.29 is 24.2 Å². The summed E-state index contributed by atoms with van der Waals surface area (Å²) in [6.45, 7) is 2.53. The third kappa shape index (κ3) is 5.13. The lowest BCUT2D eigenvalue weighted by atomic mass is 10.0. The Balaban J connectivity index is 1.51. The van der Waals surface area contributed by atoms with Crippen molar-refractivity contribution in [3.63, 3.8) is 0 Å². The van der Waals surface area contributed by atoms with Gasteiger partial charge in [-0.25, -0.2) is 9.48 Å². The predicted molar refractivity (Wildman–Crippen MR) is 136 cm³/mol. The maximum Gasteiger partial charge on any atom is 0.407 e. The normalized spacial score (nSPS) is 15.9. The van der Waals surface area contributed by atoms with Crippen molar-refractivity contribution in [2.45, 2.75) is 44.8 Å². The molecule has 3 aromatic rings. The van der Waals surface area contributed by atoms with Gasteiger partial charge in [-0.15, -0.1) is 5.10 Å². The van der Waals surface area contributed by atoms with E-state index in [-0.39, 0.29) is 41.1 Å².